The molecule has 0 saturated carbocycles. The van der Waals surface area contributed by atoms with Gasteiger partial charge in [-0.2, -0.15) is 0 Å². The van der Waals surface area contributed by atoms with Gasteiger partial charge in [-0.05, 0) is 12.2 Å². The van der Waals surface area contributed by atoms with Crippen LogP contribution in [0.3, 0.4) is 0 Å². The van der Waals surface area contributed by atoms with Crippen molar-refractivity contribution in [2.24, 2.45) is 0 Å². The van der Waals surface area contributed by atoms with E-state index in [1.54, 1.807) is 0 Å². The number of hydrogen-bond acceptors (Lipinski definition) is 1. The predicted molar refractivity (Wildman–Crippen MR) is 26.2 cm³/mol. The molecule has 0 aliphatic rings. The summed E-state index contributed by atoms with van der Waals surface area (Å²) in [7, 11) is 0. The Bertz CT molecular complexity index is 15.5. The fourth-order valence-corrected chi connectivity index (χ4v) is 0. The minimum absolute atomic E-state index is 0. The Morgan fingerprint density at radius 3 is 1.75 bits per heavy atom. The van der Waals surface area contributed by atoms with Crippen LogP contribution in [0.4, 0.5) is 0 Å². The molecule has 0 atom stereocenters. The van der Waals surface area contributed by atoms with Crippen molar-refractivity contribution in [1.29, 1.82) is 0 Å². The van der Waals surface area contributed by atoms with Gasteiger partial charge in [-0.3, -0.25) is 0 Å². The first-order valence-electron chi connectivity index (χ1n) is 0.494. The van der Waals surface area contributed by atoms with Crippen molar-refractivity contribution in [3.63, 3.8) is 0 Å². The second-order valence-electron chi connectivity index (χ2n) is 0.105. The molecule has 0 unspecified atom stereocenters. The quantitative estimate of drug-likeness (QED) is 0.400. The molecule has 0 amide bonds. The first-order chi connectivity index (χ1) is 1.41. The minimum atomic E-state index is 0. The van der Waals surface area contributed by atoms with Crippen LogP contribution in [0.25, 0.3) is 0 Å². The summed E-state index contributed by atoms with van der Waals surface area (Å²) in [4.78, 5) is 0. The van der Waals surface area contributed by atoms with Crippen molar-refractivity contribution in [2.45, 2.75) is 0 Å². The summed E-state index contributed by atoms with van der Waals surface area (Å²) in [6.45, 7) is 0. The summed E-state index contributed by atoms with van der Waals surface area (Å²) in [5.74, 6) is 0. The second kappa shape index (κ2) is 9.32. The Morgan fingerprint density at radius 1 is 1.75 bits per heavy atom. The summed E-state index contributed by atoms with van der Waals surface area (Å²) in [5, 5.41) is 7.26. The average molecular weight is 187 g/mol. The molecule has 0 bridgehead atoms. The van der Waals surface area contributed by atoms with Crippen molar-refractivity contribution < 1.29 is 5.11 Å². The van der Waals surface area contributed by atoms with Gasteiger partial charge in [-0.25, -0.2) is 0 Å². The number of rotatable bonds is 0. The predicted octanol–water partition coefficient (Wildman–Crippen LogP) is -0.682. The molecule has 0 radical (unpaired) electrons. The Hall–Kier alpha value is 0.708. The van der Waals surface area contributed by atoms with Gasteiger partial charge in [0.15, 0.2) is 0 Å². The zero-order valence-corrected chi connectivity index (χ0v) is 6.99. The van der Waals surface area contributed by atoms with E-state index in [1.165, 1.54) is 0 Å². The summed E-state index contributed by atoms with van der Waals surface area (Å²) in [6.07, 6.45) is 0. The van der Waals surface area contributed by atoms with Crippen molar-refractivity contribution in [1.82, 2.24) is 0 Å². The third kappa shape index (κ3) is 15.8. The molecule has 0 fully saturated rings. The van der Waals surface area contributed by atoms with Crippen LogP contribution in [-0.2, 0) is 0 Å². The molecular formula is CH5OSSb. The molecule has 0 aromatic rings. The molecule has 0 saturated heterocycles. The van der Waals surface area contributed by atoms with Crippen LogP contribution in [-0.4, -0.2) is 35.1 Å². The van der Waals surface area contributed by atoms with E-state index in [4.69, 9.17) is 5.11 Å². The van der Waals surface area contributed by atoms with E-state index < -0.39 is 0 Å². The van der Waals surface area contributed by atoms with E-state index in [9.17, 15) is 0 Å². The fourth-order valence-electron chi connectivity index (χ4n) is 0. The zero-order chi connectivity index (χ0) is 2.71. The van der Waals surface area contributed by atoms with Crippen LogP contribution in [0.15, 0.2) is 0 Å². The van der Waals surface area contributed by atoms with Crippen LogP contribution < -0.4 is 0 Å². The number of aliphatic hydroxyl groups excluding tert-OH is 1. The number of hydrogen-bond donors (Lipinski definition) is 1. The Labute approximate surface area is 47.5 Å². The molecule has 0 rings (SSSR count). The van der Waals surface area contributed by atoms with Crippen LogP contribution in [0.1, 0.15) is 0 Å². The average Bonchev–Trinajstić information content (AvgIpc) is 0.918. The molecule has 1 nitrogen and oxygen atoms in total. The molecule has 0 aliphatic heterocycles. The first kappa shape index (κ1) is 8.83. The maximum atomic E-state index is 7.26. The molecule has 4 heavy (non-hydrogen) atoms. The van der Waals surface area contributed by atoms with Gasteiger partial charge < -0.3 is 5.11 Å². The monoisotopic (exact) mass is 186 g/mol. The second-order valence-corrected chi connectivity index (χ2v) is 0.316. The van der Waals surface area contributed by atoms with E-state index in [2.05, 4.69) is 12.2 Å². The fraction of sp³-hybridized carbons (Fsp3) is 0. The van der Waals surface area contributed by atoms with E-state index in [0.29, 0.717) is 5.55 Å². The number of thiocarbonyl (C=S) groups is 1. The molecule has 0 aromatic heterocycles. The third-order valence-electron chi connectivity index (χ3n) is 0. The standard InChI is InChI=1S/CH2OS.Sb.3H/c2-1-3;;;;/h1H,(H,2,3);;;;. The molecule has 0 heterocycles. The molecule has 26 valence electrons. The van der Waals surface area contributed by atoms with Gasteiger partial charge in [0.1, 0.15) is 5.55 Å². The van der Waals surface area contributed by atoms with Gasteiger partial charge in [0.25, 0.3) is 0 Å². The van der Waals surface area contributed by atoms with Crippen molar-refractivity contribution >= 4 is 42.2 Å². The Balaban J connectivity index is 0. The number of aliphatic hydroxyl groups is 1. The molecule has 0 aromatic carbocycles. The van der Waals surface area contributed by atoms with Gasteiger partial charge in [0.2, 0.25) is 0 Å². The van der Waals surface area contributed by atoms with Crippen molar-refractivity contribution in [2.75, 3.05) is 0 Å². The SMILES string of the molecule is OC=S.[SbH3]. The normalized spacial score (nSPS) is 3.00. The Kier molecular flexibility index (Phi) is 20.6. The van der Waals surface area contributed by atoms with Crippen molar-refractivity contribution in [3.8, 4) is 0 Å². The van der Waals surface area contributed by atoms with Gasteiger partial charge in [-0.15, -0.1) is 0 Å². The summed E-state index contributed by atoms with van der Waals surface area (Å²) < 4.78 is 0. The van der Waals surface area contributed by atoms with Gasteiger partial charge in [0.05, 0.1) is 0 Å². The maximum absolute atomic E-state index is 7.26. The summed E-state index contributed by atoms with van der Waals surface area (Å²) >= 11 is 3.82. The zero-order valence-electron chi connectivity index (χ0n) is 2.14. The van der Waals surface area contributed by atoms with Crippen LogP contribution in [0.5, 0.6) is 0 Å². The van der Waals surface area contributed by atoms with E-state index >= 15 is 0 Å². The van der Waals surface area contributed by atoms with Gasteiger partial charge in [0, 0.05) is 0 Å². The van der Waals surface area contributed by atoms with Crippen LogP contribution >= 0.6 is 12.2 Å². The van der Waals surface area contributed by atoms with Gasteiger partial charge in [-0.1, -0.05) is 0 Å². The van der Waals surface area contributed by atoms with Crippen LogP contribution in [0, 0.1) is 0 Å². The van der Waals surface area contributed by atoms with E-state index in [-0.39, 0.29) is 24.4 Å². The summed E-state index contributed by atoms with van der Waals surface area (Å²) in [5.41, 5.74) is 0.583. The molecule has 0 aliphatic carbocycles. The van der Waals surface area contributed by atoms with E-state index in [1.807, 2.05) is 0 Å². The Morgan fingerprint density at radius 2 is 1.75 bits per heavy atom. The molecule has 3 heteroatoms. The first-order valence-corrected chi connectivity index (χ1v) is 0.965. The topological polar surface area (TPSA) is 20.2 Å². The third-order valence-corrected chi connectivity index (χ3v) is 0. The summed E-state index contributed by atoms with van der Waals surface area (Å²) in [6, 6.07) is 0. The molecular weight excluding hydrogens is 182 g/mol. The van der Waals surface area contributed by atoms with Crippen LogP contribution in [0.2, 0.25) is 0 Å². The van der Waals surface area contributed by atoms with E-state index in [0.717, 1.165) is 0 Å². The molecule has 0 spiro atoms. The van der Waals surface area contributed by atoms with Crippen molar-refractivity contribution in [3.05, 3.63) is 0 Å². The van der Waals surface area contributed by atoms with Gasteiger partial charge >= 0.3 is 24.4 Å². The molecule has 1 N–H and O–H groups in total.